The quantitative estimate of drug-likeness (QED) is 0.463. The highest BCUT2D eigenvalue weighted by Crippen LogP contribution is 2.28. The number of hydrogen-bond donors (Lipinski definition) is 1. The van der Waals surface area contributed by atoms with Crippen LogP contribution in [-0.4, -0.2) is 29.7 Å². The van der Waals surface area contributed by atoms with Crippen LogP contribution in [0.25, 0.3) is 33.6 Å². The first-order valence-corrected chi connectivity index (χ1v) is 9.94. The number of rotatable bonds is 4. The zero-order valence-corrected chi connectivity index (χ0v) is 17.7. The van der Waals surface area contributed by atoms with Crippen LogP contribution in [0.1, 0.15) is 11.3 Å². The Bertz CT molecular complexity index is 1510. The molecule has 9 heteroatoms. The van der Waals surface area contributed by atoms with Gasteiger partial charge < -0.3 is 14.4 Å². The van der Waals surface area contributed by atoms with E-state index in [-0.39, 0.29) is 17.4 Å². The zero-order chi connectivity index (χ0) is 22.2. The average molecular weight is 425 g/mol. The highest BCUT2D eigenvalue weighted by molar-refractivity contribution is 5.85. The largest absolute Gasteiger partial charge is 0.330 e. The van der Waals surface area contributed by atoms with Crippen molar-refractivity contribution in [3.05, 3.63) is 76.7 Å². The summed E-state index contributed by atoms with van der Waals surface area (Å²) in [6.45, 7) is 3.88. The summed E-state index contributed by atoms with van der Waals surface area (Å²) >= 11 is 0. The third kappa shape index (κ3) is 3.49. The Kier molecular flexibility index (Phi) is 4.70. The topological polar surface area (TPSA) is 112 Å². The molecule has 5 rings (SSSR count). The fraction of sp³-hybridized carbons (Fsp3) is 0.130. The van der Waals surface area contributed by atoms with E-state index in [1.54, 1.807) is 36.4 Å². The fourth-order valence-corrected chi connectivity index (χ4v) is 3.56. The van der Waals surface area contributed by atoms with E-state index in [0.29, 0.717) is 11.3 Å². The van der Waals surface area contributed by atoms with Crippen molar-refractivity contribution in [3.8, 4) is 22.7 Å². The molecule has 1 aromatic carbocycles. The van der Waals surface area contributed by atoms with Gasteiger partial charge in [0.15, 0.2) is 0 Å². The van der Waals surface area contributed by atoms with E-state index in [0.717, 1.165) is 33.4 Å². The van der Waals surface area contributed by atoms with Crippen molar-refractivity contribution in [2.45, 2.75) is 13.8 Å². The van der Waals surface area contributed by atoms with Crippen molar-refractivity contribution >= 4 is 22.5 Å². The van der Waals surface area contributed by atoms with E-state index in [1.807, 2.05) is 44.2 Å². The SMILES string of the molecule is Cc1cc2c(cn1)cc(-c1cc(Nc3noc(-c4cnccn4)n3)ccc1C)c(=O)n2C. The summed E-state index contributed by atoms with van der Waals surface area (Å²) in [6.07, 6.45) is 6.46. The molecule has 0 saturated heterocycles. The summed E-state index contributed by atoms with van der Waals surface area (Å²) in [5, 5.41) is 7.98. The number of nitrogens with zero attached hydrogens (tertiary/aromatic N) is 6. The van der Waals surface area contributed by atoms with E-state index in [4.69, 9.17) is 4.52 Å². The molecule has 4 heterocycles. The Morgan fingerprint density at radius 1 is 1.00 bits per heavy atom. The van der Waals surface area contributed by atoms with Crippen LogP contribution in [0.2, 0.25) is 0 Å². The van der Waals surface area contributed by atoms with Gasteiger partial charge in [-0.05, 0) is 54.4 Å². The van der Waals surface area contributed by atoms with Crippen LogP contribution in [0.5, 0.6) is 0 Å². The molecular formula is C23H19N7O2. The number of hydrogen-bond acceptors (Lipinski definition) is 8. The predicted octanol–water partition coefficient (Wildman–Crippen LogP) is 3.80. The number of fused-ring (bicyclic) bond motifs is 1. The highest BCUT2D eigenvalue weighted by Gasteiger charge is 2.14. The first kappa shape index (κ1) is 19.6. The van der Waals surface area contributed by atoms with Gasteiger partial charge in [0.1, 0.15) is 5.69 Å². The molecule has 5 aromatic rings. The van der Waals surface area contributed by atoms with Gasteiger partial charge in [-0.15, -0.1) is 0 Å². The summed E-state index contributed by atoms with van der Waals surface area (Å²) in [5.74, 6) is 0.547. The molecule has 1 N–H and O–H groups in total. The van der Waals surface area contributed by atoms with Gasteiger partial charge in [0, 0.05) is 48.0 Å². The smallest absolute Gasteiger partial charge is 0.279 e. The Balaban J connectivity index is 1.53. The third-order valence-corrected chi connectivity index (χ3v) is 5.24. The molecule has 0 spiro atoms. The van der Waals surface area contributed by atoms with Crippen LogP contribution in [0.15, 0.2) is 64.4 Å². The first-order chi connectivity index (χ1) is 15.5. The summed E-state index contributed by atoms with van der Waals surface area (Å²) < 4.78 is 6.93. The van der Waals surface area contributed by atoms with Crippen LogP contribution in [0.4, 0.5) is 11.6 Å². The predicted molar refractivity (Wildman–Crippen MR) is 121 cm³/mol. The molecule has 4 aromatic heterocycles. The van der Waals surface area contributed by atoms with Gasteiger partial charge in [0.25, 0.3) is 17.4 Å². The normalized spacial score (nSPS) is 11.1. The molecule has 0 unspecified atom stereocenters. The number of anilines is 2. The minimum absolute atomic E-state index is 0.0761. The maximum absolute atomic E-state index is 13.1. The Morgan fingerprint density at radius 3 is 2.69 bits per heavy atom. The monoisotopic (exact) mass is 425 g/mol. The standard InChI is InChI=1S/C23H19N7O2/c1-13-4-5-16(27-23-28-21(32-29-23)19-12-24-6-7-25-19)10-17(13)18-9-15-11-26-14(2)8-20(15)30(3)22(18)31/h4-12H,1-3H3,(H,27,29). The molecule has 0 radical (unpaired) electrons. The van der Waals surface area contributed by atoms with Gasteiger partial charge in [0.2, 0.25) is 0 Å². The molecule has 0 aliphatic rings. The molecule has 32 heavy (non-hydrogen) atoms. The van der Waals surface area contributed by atoms with Gasteiger partial charge in [0.05, 0.1) is 11.7 Å². The summed E-state index contributed by atoms with van der Waals surface area (Å²) in [4.78, 5) is 30.0. The lowest BCUT2D eigenvalue weighted by atomic mass is 9.99. The summed E-state index contributed by atoms with van der Waals surface area (Å²) in [7, 11) is 1.78. The lowest BCUT2D eigenvalue weighted by Gasteiger charge is -2.12. The van der Waals surface area contributed by atoms with Crippen LogP contribution in [0, 0.1) is 13.8 Å². The summed E-state index contributed by atoms with van der Waals surface area (Å²) in [5.41, 5.74) is 5.23. The lowest BCUT2D eigenvalue weighted by molar-refractivity contribution is 0.431. The number of benzene rings is 1. The number of pyridine rings is 2. The van der Waals surface area contributed by atoms with Crippen LogP contribution < -0.4 is 10.9 Å². The maximum atomic E-state index is 13.1. The molecular weight excluding hydrogens is 406 g/mol. The van der Waals surface area contributed by atoms with Crippen molar-refractivity contribution < 1.29 is 4.52 Å². The first-order valence-electron chi connectivity index (χ1n) is 9.94. The Labute approximate surface area is 182 Å². The van der Waals surface area contributed by atoms with Gasteiger partial charge in [-0.3, -0.25) is 14.8 Å². The van der Waals surface area contributed by atoms with Gasteiger partial charge in [-0.25, -0.2) is 4.98 Å². The number of aromatic nitrogens is 6. The van der Waals surface area contributed by atoms with E-state index < -0.39 is 0 Å². The molecule has 0 aliphatic carbocycles. The van der Waals surface area contributed by atoms with Crippen molar-refractivity contribution in [2.24, 2.45) is 7.05 Å². The molecule has 0 fully saturated rings. The molecule has 158 valence electrons. The highest BCUT2D eigenvalue weighted by atomic mass is 16.5. The van der Waals surface area contributed by atoms with Crippen LogP contribution in [0.3, 0.4) is 0 Å². The Hall–Kier alpha value is -4.40. The van der Waals surface area contributed by atoms with Crippen molar-refractivity contribution in [3.63, 3.8) is 0 Å². The zero-order valence-electron chi connectivity index (χ0n) is 17.7. The van der Waals surface area contributed by atoms with E-state index in [2.05, 4.69) is 30.4 Å². The fourth-order valence-electron chi connectivity index (χ4n) is 3.56. The second-order valence-corrected chi connectivity index (χ2v) is 7.48. The van der Waals surface area contributed by atoms with Crippen LogP contribution >= 0.6 is 0 Å². The van der Waals surface area contributed by atoms with E-state index >= 15 is 0 Å². The minimum atomic E-state index is -0.0761. The summed E-state index contributed by atoms with van der Waals surface area (Å²) in [6, 6.07) is 9.54. The molecule has 9 nitrogen and oxygen atoms in total. The number of nitrogens with one attached hydrogen (secondary N) is 1. The molecule has 0 amide bonds. The molecule has 0 bridgehead atoms. The van der Waals surface area contributed by atoms with Gasteiger partial charge in [-0.2, -0.15) is 4.98 Å². The van der Waals surface area contributed by atoms with E-state index in [9.17, 15) is 4.79 Å². The van der Waals surface area contributed by atoms with Gasteiger partial charge in [-0.1, -0.05) is 6.07 Å². The van der Waals surface area contributed by atoms with Crippen molar-refractivity contribution in [1.82, 2.24) is 29.7 Å². The third-order valence-electron chi connectivity index (χ3n) is 5.24. The average Bonchev–Trinajstić information content (AvgIpc) is 3.27. The van der Waals surface area contributed by atoms with Crippen molar-refractivity contribution in [1.29, 1.82) is 0 Å². The number of aryl methyl sites for hydroxylation is 3. The molecule has 0 aliphatic heterocycles. The second kappa shape index (κ2) is 7.69. The molecule has 0 atom stereocenters. The molecule has 0 saturated carbocycles. The Morgan fingerprint density at radius 2 is 1.88 bits per heavy atom. The second-order valence-electron chi connectivity index (χ2n) is 7.48. The van der Waals surface area contributed by atoms with Crippen LogP contribution in [-0.2, 0) is 7.05 Å². The maximum Gasteiger partial charge on any atom is 0.279 e. The van der Waals surface area contributed by atoms with E-state index in [1.165, 1.54) is 0 Å². The van der Waals surface area contributed by atoms with Gasteiger partial charge >= 0.3 is 0 Å². The minimum Gasteiger partial charge on any atom is -0.330 e. The van der Waals surface area contributed by atoms with Crippen molar-refractivity contribution in [2.75, 3.05) is 5.32 Å². The lowest BCUT2D eigenvalue weighted by Crippen LogP contribution is -2.19.